The minimum Gasteiger partial charge on any atom is -0.368 e. The lowest BCUT2D eigenvalue weighted by Crippen LogP contribution is -2.40. The van der Waals surface area contributed by atoms with Crippen LogP contribution < -0.4 is 0 Å². The summed E-state index contributed by atoms with van der Waals surface area (Å²) in [5.41, 5.74) is 0.472. The Labute approximate surface area is 170 Å². The van der Waals surface area contributed by atoms with Gasteiger partial charge in [0.05, 0.1) is 17.2 Å². The lowest BCUT2D eigenvalue weighted by atomic mass is 10.1. The quantitative estimate of drug-likeness (QED) is 0.577. The van der Waals surface area contributed by atoms with Crippen LogP contribution in [0.2, 0.25) is 0 Å². The maximum Gasteiger partial charge on any atom is 0.253 e. The number of piperidine rings is 1. The molecule has 3 heterocycles. The highest BCUT2D eigenvalue weighted by atomic mass is 32.2. The van der Waals surface area contributed by atoms with E-state index in [0.29, 0.717) is 30.4 Å². The van der Waals surface area contributed by atoms with Gasteiger partial charge in [-0.05, 0) is 25.0 Å². The maximum atomic E-state index is 13.4. The number of hydrogen-bond acceptors (Lipinski definition) is 8. The second-order valence-electron chi connectivity index (χ2n) is 6.62. The van der Waals surface area contributed by atoms with Gasteiger partial charge in [0.1, 0.15) is 23.9 Å². The van der Waals surface area contributed by atoms with Gasteiger partial charge in [-0.3, -0.25) is 4.98 Å². The number of aromatic nitrogens is 4. The van der Waals surface area contributed by atoms with Crippen LogP contribution in [-0.4, -0.2) is 52.0 Å². The van der Waals surface area contributed by atoms with Gasteiger partial charge >= 0.3 is 0 Å². The maximum absolute atomic E-state index is 13.4. The van der Waals surface area contributed by atoms with Gasteiger partial charge in [0.25, 0.3) is 5.89 Å². The van der Waals surface area contributed by atoms with E-state index in [1.54, 1.807) is 0 Å². The van der Waals surface area contributed by atoms with E-state index >= 15 is 0 Å². The zero-order valence-electron chi connectivity index (χ0n) is 15.6. The van der Waals surface area contributed by atoms with Crippen molar-refractivity contribution >= 4 is 10.0 Å². The molecule has 1 aliphatic rings. The zero-order chi connectivity index (χ0) is 21.1. The first kappa shape index (κ1) is 20.4. The first-order valence-electron chi connectivity index (χ1n) is 9.08. The highest BCUT2D eigenvalue weighted by molar-refractivity contribution is 7.89. The number of ether oxygens (including phenoxy) is 1. The fourth-order valence-electron chi connectivity index (χ4n) is 3.09. The third-order valence-electron chi connectivity index (χ3n) is 4.58. The van der Waals surface area contributed by atoms with E-state index < -0.39 is 26.6 Å². The normalized spacial score (nSPS) is 16.1. The predicted octanol–water partition coefficient (Wildman–Crippen LogP) is 2.17. The van der Waals surface area contributed by atoms with Gasteiger partial charge in [0, 0.05) is 31.5 Å². The number of hydrogen-bond donors (Lipinski definition) is 0. The van der Waals surface area contributed by atoms with Crippen LogP contribution in [0, 0.1) is 11.6 Å². The van der Waals surface area contributed by atoms with Crippen molar-refractivity contribution in [2.45, 2.75) is 30.4 Å². The fourth-order valence-corrected chi connectivity index (χ4v) is 4.60. The molecule has 0 saturated carbocycles. The first-order chi connectivity index (χ1) is 14.4. The van der Waals surface area contributed by atoms with E-state index in [1.165, 1.54) is 22.9 Å². The Morgan fingerprint density at radius 3 is 2.53 bits per heavy atom. The van der Waals surface area contributed by atoms with Gasteiger partial charge < -0.3 is 9.26 Å². The van der Waals surface area contributed by atoms with Crippen molar-refractivity contribution in [3.05, 3.63) is 54.3 Å². The van der Waals surface area contributed by atoms with Crippen molar-refractivity contribution in [2.24, 2.45) is 0 Å². The fraction of sp³-hybridized carbons (Fsp3) is 0.333. The molecule has 30 heavy (non-hydrogen) atoms. The monoisotopic (exact) mass is 437 g/mol. The molecule has 4 rings (SSSR count). The van der Waals surface area contributed by atoms with E-state index in [4.69, 9.17) is 9.26 Å². The van der Waals surface area contributed by atoms with Crippen LogP contribution in [0.3, 0.4) is 0 Å². The molecule has 9 nitrogen and oxygen atoms in total. The topological polar surface area (TPSA) is 111 Å². The molecular weight excluding hydrogens is 420 g/mol. The second kappa shape index (κ2) is 8.50. The minimum absolute atomic E-state index is 0.0692. The molecular formula is C18H17F2N5O4S. The van der Waals surface area contributed by atoms with Crippen LogP contribution in [-0.2, 0) is 21.4 Å². The summed E-state index contributed by atoms with van der Waals surface area (Å²) in [6.07, 6.45) is 5.18. The van der Waals surface area contributed by atoms with E-state index in [2.05, 4.69) is 20.1 Å². The molecule has 0 unspecified atom stereocenters. The third-order valence-corrected chi connectivity index (χ3v) is 6.45. The van der Waals surface area contributed by atoms with Gasteiger partial charge in [0.2, 0.25) is 15.8 Å². The summed E-state index contributed by atoms with van der Waals surface area (Å²) in [5.74, 6) is -1.31. The van der Waals surface area contributed by atoms with Crippen molar-refractivity contribution < 1.29 is 26.5 Å². The van der Waals surface area contributed by atoms with Crippen molar-refractivity contribution in [3.8, 4) is 11.5 Å². The second-order valence-corrected chi connectivity index (χ2v) is 8.56. The van der Waals surface area contributed by atoms with Crippen LogP contribution in [0.1, 0.15) is 18.7 Å². The molecule has 1 fully saturated rings. The standard InChI is InChI=1S/C18H17F2N5O4S/c19-12-7-13(20)9-15(8-12)30(26,27)25-5-1-14(2-6-25)28-11-17-23-18(24-29-17)16-10-21-3-4-22-16/h3-4,7-10,14H,1-2,5-6,11H2. The van der Waals surface area contributed by atoms with Crippen molar-refractivity contribution in [2.75, 3.05) is 13.1 Å². The van der Waals surface area contributed by atoms with Crippen LogP contribution in [0.5, 0.6) is 0 Å². The molecule has 158 valence electrons. The summed E-state index contributed by atoms with van der Waals surface area (Å²) < 4.78 is 64.1. The Kier molecular flexibility index (Phi) is 5.79. The molecule has 1 aliphatic heterocycles. The minimum atomic E-state index is -3.98. The highest BCUT2D eigenvalue weighted by Crippen LogP contribution is 2.24. The van der Waals surface area contributed by atoms with E-state index in [-0.39, 0.29) is 31.7 Å². The molecule has 1 aromatic carbocycles. The number of halogens is 2. The van der Waals surface area contributed by atoms with Crippen LogP contribution in [0.4, 0.5) is 8.78 Å². The number of rotatable bonds is 6. The first-order valence-corrected chi connectivity index (χ1v) is 10.5. The highest BCUT2D eigenvalue weighted by Gasteiger charge is 2.30. The van der Waals surface area contributed by atoms with E-state index in [1.807, 2.05) is 0 Å². The number of nitrogens with zero attached hydrogens (tertiary/aromatic N) is 5. The average Bonchev–Trinajstić information content (AvgIpc) is 3.22. The molecule has 12 heteroatoms. The molecule has 3 aromatic rings. The molecule has 0 aliphatic carbocycles. The molecule has 0 amide bonds. The Bertz CT molecular complexity index is 1100. The van der Waals surface area contributed by atoms with E-state index in [9.17, 15) is 17.2 Å². The van der Waals surface area contributed by atoms with Gasteiger partial charge in [0.15, 0.2) is 0 Å². The lowest BCUT2D eigenvalue weighted by Gasteiger charge is -2.30. The summed E-state index contributed by atoms with van der Waals surface area (Å²) in [6, 6.07) is 2.25. The summed E-state index contributed by atoms with van der Waals surface area (Å²) in [4.78, 5) is 11.8. The number of sulfonamides is 1. The average molecular weight is 437 g/mol. The Morgan fingerprint density at radius 2 is 1.87 bits per heavy atom. The lowest BCUT2D eigenvalue weighted by molar-refractivity contribution is -0.00119. The molecule has 1 saturated heterocycles. The predicted molar refractivity (Wildman–Crippen MR) is 98.3 cm³/mol. The van der Waals surface area contributed by atoms with Crippen molar-refractivity contribution in [3.63, 3.8) is 0 Å². The van der Waals surface area contributed by atoms with Crippen molar-refractivity contribution in [1.29, 1.82) is 0 Å². The Hall–Kier alpha value is -2.83. The van der Waals surface area contributed by atoms with Crippen molar-refractivity contribution in [1.82, 2.24) is 24.4 Å². The van der Waals surface area contributed by atoms with Crippen LogP contribution in [0.25, 0.3) is 11.5 Å². The summed E-state index contributed by atoms with van der Waals surface area (Å²) in [6.45, 7) is 0.402. The summed E-state index contributed by atoms with van der Waals surface area (Å²) in [5, 5.41) is 3.82. The largest absolute Gasteiger partial charge is 0.368 e. The van der Waals surface area contributed by atoms with Crippen LogP contribution in [0.15, 0.2) is 46.2 Å². The molecule has 0 atom stereocenters. The molecule has 0 radical (unpaired) electrons. The smallest absolute Gasteiger partial charge is 0.253 e. The molecule has 0 bridgehead atoms. The Balaban J connectivity index is 1.32. The summed E-state index contributed by atoms with van der Waals surface area (Å²) in [7, 11) is -3.98. The molecule has 0 N–H and O–H groups in total. The van der Waals surface area contributed by atoms with Gasteiger partial charge in [-0.2, -0.15) is 9.29 Å². The van der Waals surface area contributed by atoms with E-state index in [0.717, 1.165) is 12.1 Å². The SMILES string of the molecule is O=S(=O)(c1cc(F)cc(F)c1)N1CCC(OCc2nc(-c3cnccn3)no2)CC1. The van der Waals surface area contributed by atoms with Gasteiger partial charge in [-0.15, -0.1) is 0 Å². The summed E-state index contributed by atoms with van der Waals surface area (Å²) >= 11 is 0. The molecule has 2 aromatic heterocycles. The van der Waals surface area contributed by atoms with Gasteiger partial charge in [-0.25, -0.2) is 22.2 Å². The molecule has 0 spiro atoms. The van der Waals surface area contributed by atoms with Crippen LogP contribution >= 0.6 is 0 Å². The third kappa shape index (κ3) is 4.50. The number of benzene rings is 1. The Morgan fingerprint density at radius 1 is 1.13 bits per heavy atom. The zero-order valence-corrected chi connectivity index (χ0v) is 16.4. The van der Waals surface area contributed by atoms with Gasteiger partial charge in [-0.1, -0.05) is 5.16 Å².